The van der Waals surface area contributed by atoms with Crippen molar-refractivity contribution in [1.29, 1.82) is 0 Å². The molecular weight excluding hydrogens is 400 g/mol. The maximum absolute atomic E-state index is 13.1. The first kappa shape index (κ1) is 19.9. The summed E-state index contributed by atoms with van der Waals surface area (Å²) in [4.78, 5) is 35.0. The van der Waals surface area contributed by atoms with Gasteiger partial charge in [0.25, 0.3) is 11.5 Å². The van der Waals surface area contributed by atoms with Gasteiger partial charge in [0.15, 0.2) is 0 Å². The van der Waals surface area contributed by atoms with Crippen LogP contribution >= 0.6 is 11.8 Å². The molecule has 1 amide bonds. The maximum Gasteiger partial charge on any atom is 0.258 e. The highest BCUT2D eigenvalue weighted by atomic mass is 32.2. The summed E-state index contributed by atoms with van der Waals surface area (Å²) >= 11 is 1.53. The first-order valence-electron chi connectivity index (χ1n) is 9.38. The van der Waals surface area contributed by atoms with Crippen molar-refractivity contribution < 1.29 is 9.32 Å². The highest BCUT2D eigenvalue weighted by Crippen LogP contribution is 2.27. The van der Waals surface area contributed by atoms with E-state index in [0.29, 0.717) is 28.0 Å². The number of nitrogens with zero attached hydrogens (tertiary/aromatic N) is 3. The number of benzene rings is 2. The van der Waals surface area contributed by atoms with Gasteiger partial charge < -0.3 is 14.4 Å². The zero-order valence-electron chi connectivity index (χ0n) is 16.6. The molecule has 0 aliphatic heterocycles. The number of fused-ring (bicyclic) bond motifs is 1. The molecule has 1 N–H and O–H groups in total. The van der Waals surface area contributed by atoms with E-state index >= 15 is 0 Å². The van der Waals surface area contributed by atoms with E-state index in [9.17, 15) is 9.59 Å². The first-order chi connectivity index (χ1) is 14.5. The van der Waals surface area contributed by atoms with E-state index in [1.165, 1.54) is 11.8 Å². The quantitative estimate of drug-likeness (QED) is 0.477. The molecule has 8 heteroatoms. The van der Waals surface area contributed by atoms with Crippen LogP contribution in [0.2, 0.25) is 0 Å². The predicted molar refractivity (Wildman–Crippen MR) is 115 cm³/mol. The van der Waals surface area contributed by atoms with Crippen molar-refractivity contribution in [2.24, 2.45) is 0 Å². The molecule has 0 aliphatic rings. The van der Waals surface area contributed by atoms with Crippen LogP contribution in [0.1, 0.15) is 27.6 Å². The van der Waals surface area contributed by atoms with E-state index < -0.39 is 0 Å². The van der Waals surface area contributed by atoms with Gasteiger partial charge in [-0.1, -0.05) is 29.4 Å². The van der Waals surface area contributed by atoms with E-state index in [1.54, 1.807) is 36.2 Å². The molecule has 2 heterocycles. The first-order valence-corrected chi connectivity index (χ1v) is 10.4. The van der Waals surface area contributed by atoms with Gasteiger partial charge in [-0.05, 0) is 31.2 Å². The number of H-pyrrole nitrogens is 1. The molecule has 0 radical (unpaired) electrons. The van der Waals surface area contributed by atoms with Crippen molar-refractivity contribution in [2.45, 2.75) is 24.1 Å². The molecule has 4 aromatic rings. The van der Waals surface area contributed by atoms with Gasteiger partial charge in [0.1, 0.15) is 11.6 Å². The van der Waals surface area contributed by atoms with Gasteiger partial charge in [0.2, 0.25) is 0 Å². The van der Waals surface area contributed by atoms with Gasteiger partial charge in [0, 0.05) is 23.8 Å². The van der Waals surface area contributed by atoms with Gasteiger partial charge in [-0.25, -0.2) is 4.98 Å². The summed E-state index contributed by atoms with van der Waals surface area (Å²) < 4.78 is 5.10. The molecule has 4 rings (SSSR count). The molecule has 0 aliphatic carbocycles. The smallest absolute Gasteiger partial charge is 0.258 e. The number of carbonyl (C=O) groups is 1. The van der Waals surface area contributed by atoms with Crippen molar-refractivity contribution in [2.75, 3.05) is 7.05 Å². The lowest BCUT2D eigenvalue weighted by Crippen LogP contribution is -2.28. The van der Waals surface area contributed by atoms with Crippen LogP contribution in [-0.2, 0) is 12.3 Å². The number of aromatic amines is 1. The number of nitrogens with one attached hydrogen (secondary N) is 1. The molecule has 0 saturated carbocycles. The standard InChI is InChI=1S/C22H20N4O3S/c1-14-11-15(25-29-14)13-30-19-10-6-4-8-17(19)22(28)26(2)12-20-23-18-9-5-3-7-16(18)21(27)24-20/h3-11H,12-13H2,1-2H3,(H,23,24,27). The third-order valence-corrected chi connectivity index (χ3v) is 5.67. The number of para-hydroxylation sites is 1. The number of aromatic nitrogens is 3. The number of amides is 1. The van der Waals surface area contributed by atoms with E-state index in [0.717, 1.165) is 16.3 Å². The number of hydrogen-bond acceptors (Lipinski definition) is 6. The minimum atomic E-state index is -0.213. The van der Waals surface area contributed by atoms with Crippen LogP contribution in [0.4, 0.5) is 0 Å². The van der Waals surface area contributed by atoms with E-state index in [1.807, 2.05) is 37.3 Å². The lowest BCUT2D eigenvalue weighted by atomic mass is 10.2. The Morgan fingerprint density at radius 3 is 2.73 bits per heavy atom. The highest BCUT2D eigenvalue weighted by Gasteiger charge is 2.18. The summed E-state index contributed by atoms with van der Waals surface area (Å²) in [5.41, 5.74) is 1.81. The Balaban J connectivity index is 1.52. The van der Waals surface area contributed by atoms with Crippen molar-refractivity contribution in [3.05, 3.63) is 87.8 Å². The van der Waals surface area contributed by atoms with Crippen molar-refractivity contribution in [3.8, 4) is 0 Å². The molecule has 0 spiro atoms. The monoisotopic (exact) mass is 420 g/mol. The Labute approximate surface area is 177 Å². The summed E-state index contributed by atoms with van der Waals surface area (Å²) in [7, 11) is 1.69. The van der Waals surface area contributed by atoms with Crippen LogP contribution in [0.25, 0.3) is 10.9 Å². The van der Waals surface area contributed by atoms with E-state index in [-0.39, 0.29) is 18.0 Å². The molecule has 0 unspecified atom stereocenters. The Morgan fingerprint density at radius 1 is 1.17 bits per heavy atom. The van der Waals surface area contributed by atoms with Crippen LogP contribution < -0.4 is 5.56 Å². The summed E-state index contributed by atoms with van der Waals surface area (Å²) in [6.45, 7) is 2.04. The number of carbonyl (C=O) groups excluding carboxylic acids is 1. The highest BCUT2D eigenvalue weighted by molar-refractivity contribution is 7.98. The summed E-state index contributed by atoms with van der Waals surface area (Å²) in [5, 5.41) is 4.52. The predicted octanol–water partition coefficient (Wildman–Crippen LogP) is 3.78. The average Bonchev–Trinajstić information content (AvgIpc) is 3.17. The fraction of sp³-hybridized carbons (Fsp3) is 0.182. The fourth-order valence-electron chi connectivity index (χ4n) is 3.12. The second-order valence-corrected chi connectivity index (χ2v) is 7.92. The van der Waals surface area contributed by atoms with E-state index in [4.69, 9.17) is 4.52 Å². The Bertz CT molecular complexity index is 1260. The summed E-state index contributed by atoms with van der Waals surface area (Å²) in [6.07, 6.45) is 0. The van der Waals surface area contributed by atoms with Crippen LogP contribution in [0.15, 0.2) is 68.8 Å². The Hall–Kier alpha value is -3.39. The fourth-order valence-corrected chi connectivity index (χ4v) is 4.04. The largest absolute Gasteiger partial charge is 0.361 e. The number of rotatable bonds is 6. The molecule has 0 saturated heterocycles. The van der Waals surface area contributed by atoms with Gasteiger partial charge in [-0.2, -0.15) is 0 Å². The molecule has 7 nitrogen and oxygen atoms in total. The van der Waals surface area contributed by atoms with Crippen LogP contribution in [0.5, 0.6) is 0 Å². The molecular formula is C22H20N4O3S. The topological polar surface area (TPSA) is 92.1 Å². The van der Waals surface area contributed by atoms with Crippen LogP contribution in [0, 0.1) is 6.92 Å². The molecule has 152 valence electrons. The van der Waals surface area contributed by atoms with Gasteiger partial charge in [0.05, 0.1) is 28.7 Å². The molecule has 0 atom stereocenters. The molecule has 0 bridgehead atoms. The average molecular weight is 420 g/mol. The van der Waals surface area contributed by atoms with Crippen molar-refractivity contribution in [3.63, 3.8) is 0 Å². The number of hydrogen-bond donors (Lipinski definition) is 1. The van der Waals surface area contributed by atoms with Gasteiger partial charge in [-0.3, -0.25) is 9.59 Å². The Morgan fingerprint density at radius 2 is 1.93 bits per heavy atom. The van der Waals surface area contributed by atoms with Crippen LogP contribution in [-0.4, -0.2) is 33.0 Å². The normalized spacial score (nSPS) is 11.0. The van der Waals surface area contributed by atoms with Crippen LogP contribution in [0.3, 0.4) is 0 Å². The number of thioether (sulfide) groups is 1. The molecule has 2 aromatic carbocycles. The van der Waals surface area contributed by atoms with E-state index in [2.05, 4.69) is 15.1 Å². The zero-order valence-corrected chi connectivity index (χ0v) is 17.4. The third kappa shape index (κ3) is 4.28. The van der Waals surface area contributed by atoms with Crippen molar-refractivity contribution in [1.82, 2.24) is 20.0 Å². The van der Waals surface area contributed by atoms with Crippen molar-refractivity contribution >= 4 is 28.6 Å². The summed E-state index contributed by atoms with van der Waals surface area (Å²) in [5.74, 6) is 1.65. The Kier molecular flexibility index (Phi) is 5.67. The summed E-state index contributed by atoms with van der Waals surface area (Å²) in [6, 6.07) is 16.5. The van der Waals surface area contributed by atoms with Gasteiger partial charge in [-0.15, -0.1) is 11.8 Å². The minimum Gasteiger partial charge on any atom is -0.361 e. The SMILES string of the molecule is Cc1cc(CSc2ccccc2C(=O)N(C)Cc2nc3ccccc3c(=O)[nH]2)no1. The lowest BCUT2D eigenvalue weighted by molar-refractivity contribution is 0.0778. The second-order valence-electron chi connectivity index (χ2n) is 6.90. The minimum absolute atomic E-state index is 0.148. The molecule has 2 aromatic heterocycles. The third-order valence-electron chi connectivity index (χ3n) is 4.57. The molecule has 30 heavy (non-hydrogen) atoms. The zero-order chi connectivity index (χ0) is 21.1. The van der Waals surface area contributed by atoms with Gasteiger partial charge >= 0.3 is 0 Å². The second kappa shape index (κ2) is 8.54. The lowest BCUT2D eigenvalue weighted by Gasteiger charge is -2.18. The number of aryl methyl sites for hydroxylation is 1. The molecule has 0 fully saturated rings. The maximum atomic E-state index is 13.1.